The van der Waals surface area contributed by atoms with Crippen LogP contribution in [-0.2, 0) is 4.74 Å². The van der Waals surface area contributed by atoms with Gasteiger partial charge in [0.05, 0.1) is 18.2 Å². The highest BCUT2D eigenvalue weighted by Gasteiger charge is 2.30. The van der Waals surface area contributed by atoms with E-state index in [1.807, 2.05) is 53.6 Å². The monoisotopic (exact) mass is 483 g/mol. The van der Waals surface area contributed by atoms with Crippen molar-refractivity contribution < 1.29 is 9.53 Å². The number of hydrogen-bond acceptors (Lipinski definition) is 10. The first kappa shape index (κ1) is 23.2. The summed E-state index contributed by atoms with van der Waals surface area (Å²) in [7, 11) is 1.67. The lowest BCUT2D eigenvalue weighted by molar-refractivity contribution is 0.112. The van der Waals surface area contributed by atoms with E-state index in [-0.39, 0.29) is 6.04 Å². The molecule has 0 aromatic carbocycles. The first-order valence-electron chi connectivity index (χ1n) is 11.5. The minimum absolute atomic E-state index is 0.0202. The zero-order valence-corrected chi connectivity index (χ0v) is 19.8. The van der Waals surface area contributed by atoms with Crippen LogP contribution in [0.4, 0.5) is 11.9 Å². The fourth-order valence-corrected chi connectivity index (χ4v) is 3.99. The summed E-state index contributed by atoms with van der Waals surface area (Å²) in [5.74, 6) is 2.06. The third-order valence-corrected chi connectivity index (χ3v) is 5.84. The normalized spacial score (nSPS) is 16.0. The molecule has 36 heavy (non-hydrogen) atoms. The van der Waals surface area contributed by atoms with Gasteiger partial charge in [-0.15, -0.1) is 0 Å². The lowest BCUT2D eigenvalue weighted by atomic mass is 10.2. The molecule has 0 unspecified atom stereocenters. The second-order valence-electron chi connectivity index (χ2n) is 8.25. The van der Waals surface area contributed by atoms with Gasteiger partial charge < -0.3 is 14.5 Å². The number of rotatable bonds is 8. The van der Waals surface area contributed by atoms with Crippen molar-refractivity contribution in [1.82, 2.24) is 34.5 Å². The second kappa shape index (κ2) is 10.8. The van der Waals surface area contributed by atoms with Gasteiger partial charge in [0, 0.05) is 75.7 Å². The summed E-state index contributed by atoms with van der Waals surface area (Å²) in [5, 5.41) is 0. The van der Waals surface area contributed by atoms with Crippen molar-refractivity contribution in [3.05, 3.63) is 78.5 Å². The Hall–Kier alpha value is -4.51. The van der Waals surface area contributed by atoms with E-state index in [0.717, 1.165) is 23.2 Å². The molecule has 11 heteroatoms. The highest BCUT2D eigenvalue weighted by atomic mass is 16.5. The van der Waals surface area contributed by atoms with Crippen LogP contribution in [0.5, 0.6) is 0 Å². The fraction of sp³-hybridized carbons (Fsp3) is 0.240. The van der Waals surface area contributed by atoms with Crippen molar-refractivity contribution in [2.45, 2.75) is 6.04 Å². The number of methoxy groups -OCH3 is 1. The van der Waals surface area contributed by atoms with Gasteiger partial charge in [0.1, 0.15) is 12.1 Å². The summed E-state index contributed by atoms with van der Waals surface area (Å²) in [6, 6.07) is 3.96. The molecular formula is C25H25N9O2. The van der Waals surface area contributed by atoms with Gasteiger partial charge in [-0.05, 0) is 17.7 Å². The van der Waals surface area contributed by atoms with Gasteiger partial charge in [0.25, 0.3) is 0 Å². The lowest BCUT2D eigenvalue weighted by Crippen LogP contribution is -2.56. The maximum absolute atomic E-state index is 10.9. The minimum Gasteiger partial charge on any atom is -0.382 e. The van der Waals surface area contributed by atoms with Crippen LogP contribution in [0.2, 0.25) is 0 Å². The zero-order chi connectivity index (χ0) is 24.7. The molecule has 1 saturated heterocycles. The molecule has 0 amide bonds. The van der Waals surface area contributed by atoms with E-state index in [2.05, 4.69) is 39.7 Å². The Kier molecular flexibility index (Phi) is 6.99. The van der Waals surface area contributed by atoms with E-state index in [4.69, 9.17) is 4.74 Å². The van der Waals surface area contributed by atoms with Crippen LogP contribution in [0.15, 0.2) is 61.8 Å². The number of anilines is 2. The highest BCUT2D eigenvalue weighted by molar-refractivity contribution is 5.73. The van der Waals surface area contributed by atoms with E-state index >= 15 is 0 Å². The minimum atomic E-state index is 0.0202. The number of aldehydes is 1. The van der Waals surface area contributed by atoms with Crippen molar-refractivity contribution in [2.24, 2.45) is 0 Å². The molecule has 4 aromatic heterocycles. The molecule has 0 N–H and O–H groups in total. The summed E-state index contributed by atoms with van der Waals surface area (Å²) in [5.41, 5.74) is 2.32. The molecule has 182 valence electrons. The number of carbonyl (C=O) groups excluding carboxylic acids is 1. The Labute approximate surface area is 208 Å². The van der Waals surface area contributed by atoms with Crippen LogP contribution < -0.4 is 9.80 Å². The molecule has 0 radical (unpaired) electrons. The Morgan fingerprint density at radius 3 is 2.31 bits per heavy atom. The van der Waals surface area contributed by atoms with Crippen molar-refractivity contribution >= 4 is 30.3 Å². The van der Waals surface area contributed by atoms with Crippen LogP contribution >= 0.6 is 0 Å². The van der Waals surface area contributed by atoms with Crippen molar-refractivity contribution in [3.8, 4) is 5.82 Å². The zero-order valence-electron chi connectivity index (χ0n) is 19.8. The molecule has 1 aliphatic heterocycles. The number of aromatic nitrogens is 7. The first-order chi connectivity index (χ1) is 17.7. The summed E-state index contributed by atoms with van der Waals surface area (Å²) in [4.78, 5) is 41.5. The largest absolute Gasteiger partial charge is 0.382 e. The third kappa shape index (κ3) is 5.26. The van der Waals surface area contributed by atoms with Crippen LogP contribution in [0.3, 0.4) is 0 Å². The van der Waals surface area contributed by atoms with Crippen LogP contribution in [0.1, 0.15) is 21.5 Å². The van der Waals surface area contributed by atoms with E-state index in [1.54, 1.807) is 19.6 Å². The highest BCUT2D eigenvalue weighted by Crippen LogP contribution is 2.20. The van der Waals surface area contributed by atoms with E-state index in [9.17, 15) is 4.79 Å². The number of piperazine rings is 1. The third-order valence-electron chi connectivity index (χ3n) is 5.84. The summed E-state index contributed by atoms with van der Waals surface area (Å²) >= 11 is 0. The van der Waals surface area contributed by atoms with Gasteiger partial charge in [0.15, 0.2) is 6.29 Å². The molecule has 1 aliphatic rings. The van der Waals surface area contributed by atoms with Crippen molar-refractivity contribution in [2.75, 3.05) is 43.2 Å². The summed E-state index contributed by atoms with van der Waals surface area (Å²) in [6.45, 7) is 2.56. The Morgan fingerprint density at radius 1 is 0.917 bits per heavy atom. The van der Waals surface area contributed by atoms with Crippen molar-refractivity contribution in [1.29, 1.82) is 0 Å². The van der Waals surface area contributed by atoms with Gasteiger partial charge in [-0.1, -0.05) is 12.2 Å². The molecule has 0 spiro atoms. The Morgan fingerprint density at radius 2 is 1.64 bits per heavy atom. The van der Waals surface area contributed by atoms with E-state index < -0.39 is 0 Å². The lowest BCUT2D eigenvalue weighted by Gasteiger charge is -2.41. The predicted octanol–water partition coefficient (Wildman–Crippen LogP) is 2.17. The molecule has 1 atom stereocenters. The van der Waals surface area contributed by atoms with Crippen LogP contribution in [0.25, 0.3) is 18.0 Å². The molecule has 4 aromatic rings. The average Bonchev–Trinajstić information content (AvgIpc) is 3.48. The number of pyridine rings is 1. The topological polar surface area (TPSA) is 115 Å². The standard InChI is InChI=1S/C25H25N9O2/c1-36-17-22-15-32(8-9-34(22)25-30-13-21(16-35)14-31-25)24-28-11-20(12-29-24)3-2-19-4-5-23(27-10-19)33-7-6-26-18-33/h2-7,10-14,16,18,22H,8-9,15,17H2,1H3/b3-2+/t22-/m1/s1. The smallest absolute Gasteiger partial charge is 0.225 e. The van der Waals surface area contributed by atoms with Crippen molar-refractivity contribution in [3.63, 3.8) is 0 Å². The van der Waals surface area contributed by atoms with Gasteiger partial charge in [0.2, 0.25) is 11.9 Å². The summed E-state index contributed by atoms with van der Waals surface area (Å²) < 4.78 is 7.30. The quantitative estimate of drug-likeness (QED) is 0.345. The number of imidazole rings is 1. The number of ether oxygens (including phenoxy) is 1. The molecule has 1 fully saturated rings. The predicted molar refractivity (Wildman–Crippen MR) is 135 cm³/mol. The maximum Gasteiger partial charge on any atom is 0.225 e. The van der Waals surface area contributed by atoms with Gasteiger partial charge in [-0.3, -0.25) is 9.36 Å². The Balaban J connectivity index is 1.23. The van der Waals surface area contributed by atoms with Gasteiger partial charge >= 0.3 is 0 Å². The number of carbonyl (C=O) groups is 1. The average molecular weight is 484 g/mol. The fourth-order valence-electron chi connectivity index (χ4n) is 3.99. The van der Waals surface area contributed by atoms with E-state index in [1.165, 1.54) is 12.4 Å². The molecule has 0 saturated carbocycles. The maximum atomic E-state index is 10.9. The summed E-state index contributed by atoms with van der Waals surface area (Å²) in [6.07, 6.45) is 18.5. The number of nitrogens with zero attached hydrogens (tertiary/aromatic N) is 9. The van der Waals surface area contributed by atoms with Crippen LogP contribution in [-0.4, -0.2) is 80.1 Å². The first-order valence-corrected chi connectivity index (χ1v) is 11.5. The van der Waals surface area contributed by atoms with Crippen LogP contribution in [0, 0.1) is 0 Å². The molecule has 5 rings (SSSR count). The Bertz CT molecular complexity index is 1290. The molecule has 5 heterocycles. The SMILES string of the molecule is COC[C@H]1CN(c2ncc(/C=C/c3ccc(-n4ccnc4)nc3)cn2)CCN1c1ncc(C=O)cn1. The molecule has 11 nitrogen and oxygen atoms in total. The van der Waals surface area contributed by atoms with Gasteiger partial charge in [-0.2, -0.15) is 0 Å². The van der Waals surface area contributed by atoms with Gasteiger partial charge in [-0.25, -0.2) is 29.9 Å². The van der Waals surface area contributed by atoms with E-state index in [0.29, 0.717) is 43.7 Å². The second-order valence-corrected chi connectivity index (χ2v) is 8.25. The molecular weight excluding hydrogens is 458 g/mol. The molecule has 0 aliphatic carbocycles. The molecule has 0 bridgehead atoms. The number of hydrogen-bond donors (Lipinski definition) is 0.